The summed E-state index contributed by atoms with van der Waals surface area (Å²) in [6.45, 7) is 1.15. The zero-order chi connectivity index (χ0) is 18.9. The van der Waals surface area contributed by atoms with Crippen molar-refractivity contribution in [2.75, 3.05) is 6.61 Å². The molecule has 0 bridgehead atoms. The molecule has 0 fully saturated rings. The topological polar surface area (TPSA) is 56.5 Å². The van der Waals surface area contributed by atoms with Gasteiger partial charge < -0.3 is 9.15 Å². The molecule has 4 nitrogen and oxygen atoms in total. The van der Waals surface area contributed by atoms with Gasteiger partial charge in [-0.3, -0.25) is 0 Å². The van der Waals surface area contributed by atoms with Crippen LogP contribution >= 0.6 is 11.6 Å². The molecule has 0 saturated carbocycles. The lowest BCUT2D eigenvalue weighted by atomic mass is 9.94. The van der Waals surface area contributed by atoms with Gasteiger partial charge in [0.2, 0.25) is 0 Å². The van der Waals surface area contributed by atoms with Crippen molar-refractivity contribution in [2.24, 2.45) is 0 Å². The second-order valence-electron chi connectivity index (χ2n) is 5.44. The molecule has 0 aliphatic heterocycles. The summed E-state index contributed by atoms with van der Waals surface area (Å²) < 4.78 is 39.1. The number of esters is 1. The molecule has 2 aromatic carbocycles. The van der Waals surface area contributed by atoms with Crippen molar-refractivity contribution < 1.29 is 22.7 Å². The number of benzene rings is 2. The van der Waals surface area contributed by atoms with Crippen LogP contribution in [0.2, 0.25) is 5.02 Å². The first-order valence-electron chi connectivity index (χ1n) is 7.73. The number of carbonyl (C=O) groups is 1. The van der Waals surface area contributed by atoms with Crippen molar-refractivity contribution in [2.45, 2.75) is 12.8 Å². The summed E-state index contributed by atoms with van der Waals surface area (Å²) in [7, 11) is 0. The van der Waals surface area contributed by atoms with Crippen molar-refractivity contribution in [3.8, 4) is 11.1 Å². The predicted molar refractivity (Wildman–Crippen MR) is 93.5 cm³/mol. The first-order valence-corrected chi connectivity index (χ1v) is 8.11. The number of fused-ring (bicyclic) bond motifs is 1. The first kappa shape index (κ1) is 18.1. The second-order valence-corrected chi connectivity index (χ2v) is 5.88. The zero-order valence-corrected chi connectivity index (χ0v) is 14.3. The van der Waals surface area contributed by atoms with E-state index in [9.17, 15) is 18.4 Å². The van der Waals surface area contributed by atoms with Gasteiger partial charge in [0.1, 0.15) is 11.1 Å². The quantitative estimate of drug-likeness (QED) is 0.485. The molecule has 0 N–H and O–H groups in total. The van der Waals surface area contributed by atoms with Crippen LogP contribution < -0.4 is 5.63 Å². The number of halogens is 3. The van der Waals surface area contributed by atoms with Gasteiger partial charge >= 0.3 is 17.5 Å². The van der Waals surface area contributed by atoms with E-state index in [2.05, 4.69) is 4.74 Å². The molecule has 7 heteroatoms. The molecule has 0 aliphatic carbocycles. The van der Waals surface area contributed by atoms with Gasteiger partial charge in [-0.1, -0.05) is 41.9 Å². The Hall–Kier alpha value is -2.73. The minimum absolute atomic E-state index is 0.0849. The Labute approximate surface area is 152 Å². The second kappa shape index (κ2) is 6.88. The Morgan fingerprint density at radius 3 is 2.54 bits per heavy atom. The lowest BCUT2D eigenvalue weighted by Gasteiger charge is -2.18. The van der Waals surface area contributed by atoms with Gasteiger partial charge in [0, 0.05) is 16.0 Å². The van der Waals surface area contributed by atoms with E-state index in [-0.39, 0.29) is 28.2 Å². The third kappa shape index (κ3) is 3.08. The fourth-order valence-corrected chi connectivity index (χ4v) is 2.86. The average Bonchev–Trinajstić information content (AvgIpc) is 2.61. The SMILES string of the molecule is CCOC(=O)C(F)(F)c1c(-c2ccccc2)c2cc(Cl)ccc2oc1=O. The van der Waals surface area contributed by atoms with E-state index in [1.54, 1.807) is 30.3 Å². The van der Waals surface area contributed by atoms with Crippen molar-refractivity contribution in [3.05, 3.63) is 69.5 Å². The molecular weight excluding hydrogens is 366 g/mol. The van der Waals surface area contributed by atoms with Crippen LogP contribution in [0.25, 0.3) is 22.1 Å². The fraction of sp³-hybridized carbons (Fsp3) is 0.158. The molecule has 0 spiro atoms. The molecule has 0 radical (unpaired) electrons. The van der Waals surface area contributed by atoms with Gasteiger partial charge in [-0.25, -0.2) is 9.59 Å². The van der Waals surface area contributed by atoms with Crippen molar-refractivity contribution in [1.82, 2.24) is 0 Å². The summed E-state index contributed by atoms with van der Waals surface area (Å²) in [6.07, 6.45) is 0. The predicted octanol–water partition coefficient (Wildman–Crippen LogP) is 4.77. The number of rotatable bonds is 4. The van der Waals surface area contributed by atoms with Gasteiger partial charge in [0.05, 0.1) is 6.61 Å². The Morgan fingerprint density at radius 2 is 1.88 bits per heavy atom. The minimum Gasteiger partial charge on any atom is -0.461 e. The number of ether oxygens (including phenoxy) is 1. The van der Waals surface area contributed by atoms with Crippen LogP contribution in [-0.4, -0.2) is 12.6 Å². The molecular formula is C19H13ClF2O4. The first-order chi connectivity index (χ1) is 12.4. The van der Waals surface area contributed by atoms with Crippen LogP contribution in [0.4, 0.5) is 8.78 Å². The number of carbonyl (C=O) groups excluding carboxylic acids is 1. The highest BCUT2D eigenvalue weighted by Gasteiger charge is 2.48. The monoisotopic (exact) mass is 378 g/mol. The van der Waals surface area contributed by atoms with Crippen LogP contribution in [0.3, 0.4) is 0 Å². The van der Waals surface area contributed by atoms with E-state index in [0.717, 1.165) is 0 Å². The largest absolute Gasteiger partial charge is 0.461 e. The van der Waals surface area contributed by atoms with Gasteiger partial charge in [0.15, 0.2) is 0 Å². The van der Waals surface area contributed by atoms with E-state index in [4.69, 9.17) is 16.0 Å². The van der Waals surface area contributed by atoms with Crippen LogP contribution in [-0.2, 0) is 15.5 Å². The summed E-state index contributed by atoms with van der Waals surface area (Å²) in [5.74, 6) is -6.00. The summed E-state index contributed by atoms with van der Waals surface area (Å²) in [5.41, 5.74) is -2.08. The normalized spacial score (nSPS) is 11.5. The lowest BCUT2D eigenvalue weighted by molar-refractivity contribution is -0.173. The van der Waals surface area contributed by atoms with E-state index in [1.165, 1.54) is 25.1 Å². The highest BCUT2D eigenvalue weighted by Crippen LogP contribution is 2.39. The third-order valence-electron chi connectivity index (χ3n) is 3.78. The highest BCUT2D eigenvalue weighted by atomic mass is 35.5. The van der Waals surface area contributed by atoms with E-state index in [1.807, 2.05) is 0 Å². The van der Waals surface area contributed by atoms with Crippen molar-refractivity contribution >= 4 is 28.5 Å². The Kier molecular flexibility index (Phi) is 4.78. The maximum Gasteiger partial charge on any atom is 0.382 e. The standard InChI is InChI=1S/C19H13ClF2O4/c1-2-25-18(24)19(21,22)16-15(11-6-4-3-5-7-11)13-10-12(20)8-9-14(13)26-17(16)23/h3-10H,2H2,1H3. The van der Waals surface area contributed by atoms with Crippen molar-refractivity contribution in [3.63, 3.8) is 0 Å². The third-order valence-corrected chi connectivity index (χ3v) is 4.01. The summed E-state index contributed by atoms with van der Waals surface area (Å²) in [5, 5.41) is 0.469. The molecule has 1 aromatic heterocycles. The lowest BCUT2D eigenvalue weighted by Crippen LogP contribution is -2.34. The number of hydrogen-bond acceptors (Lipinski definition) is 4. The average molecular weight is 379 g/mol. The van der Waals surface area contributed by atoms with Crippen LogP contribution in [0.1, 0.15) is 12.5 Å². The van der Waals surface area contributed by atoms with E-state index in [0.29, 0.717) is 5.56 Å². The molecule has 3 aromatic rings. The minimum atomic E-state index is -4.18. The van der Waals surface area contributed by atoms with Crippen molar-refractivity contribution in [1.29, 1.82) is 0 Å². The highest BCUT2D eigenvalue weighted by molar-refractivity contribution is 6.31. The smallest absolute Gasteiger partial charge is 0.382 e. The Morgan fingerprint density at radius 1 is 1.19 bits per heavy atom. The van der Waals surface area contributed by atoms with Gasteiger partial charge in [0.25, 0.3) is 0 Å². The molecule has 1 heterocycles. The molecule has 0 atom stereocenters. The summed E-state index contributed by atoms with van der Waals surface area (Å²) >= 11 is 6.00. The van der Waals surface area contributed by atoms with Gasteiger partial charge in [-0.2, -0.15) is 8.78 Å². The van der Waals surface area contributed by atoms with Crippen LogP contribution in [0, 0.1) is 0 Å². The number of hydrogen-bond donors (Lipinski definition) is 0. The van der Waals surface area contributed by atoms with Crippen LogP contribution in [0.15, 0.2) is 57.7 Å². The van der Waals surface area contributed by atoms with Gasteiger partial charge in [-0.05, 0) is 30.7 Å². The molecule has 0 aliphatic rings. The number of alkyl halides is 2. The molecule has 0 saturated heterocycles. The van der Waals surface area contributed by atoms with Gasteiger partial charge in [-0.15, -0.1) is 0 Å². The summed E-state index contributed by atoms with van der Waals surface area (Å²) in [6, 6.07) is 12.4. The molecule has 0 unspecified atom stereocenters. The Balaban J connectivity index is 2.44. The van der Waals surface area contributed by atoms with E-state index >= 15 is 0 Å². The molecule has 134 valence electrons. The molecule has 3 rings (SSSR count). The van der Waals surface area contributed by atoms with E-state index < -0.39 is 23.1 Å². The fourth-order valence-electron chi connectivity index (χ4n) is 2.69. The summed E-state index contributed by atoms with van der Waals surface area (Å²) in [4.78, 5) is 24.2. The zero-order valence-electron chi connectivity index (χ0n) is 13.6. The molecule has 0 amide bonds. The maximum absolute atomic E-state index is 14.8. The van der Waals surface area contributed by atoms with Crippen LogP contribution in [0.5, 0.6) is 0 Å². The maximum atomic E-state index is 14.8. The Bertz CT molecular complexity index is 1030. The molecule has 26 heavy (non-hydrogen) atoms.